The van der Waals surface area contributed by atoms with Gasteiger partial charge in [-0.2, -0.15) is 0 Å². The van der Waals surface area contributed by atoms with E-state index in [2.05, 4.69) is 4.98 Å². The first-order valence-corrected chi connectivity index (χ1v) is 8.01. The molecule has 1 aromatic rings. The van der Waals surface area contributed by atoms with E-state index in [0.29, 0.717) is 23.5 Å². The van der Waals surface area contributed by atoms with E-state index in [4.69, 9.17) is 4.74 Å². The van der Waals surface area contributed by atoms with Crippen molar-refractivity contribution in [2.75, 3.05) is 13.7 Å². The van der Waals surface area contributed by atoms with Crippen LogP contribution in [-0.2, 0) is 14.9 Å². The van der Waals surface area contributed by atoms with Crippen LogP contribution in [0.25, 0.3) is 0 Å². The lowest BCUT2D eigenvalue weighted by atomic mass is 9.98. The Morgan fingerprint density at radius 3 is 2.50 bits per heavy atom. The maximum absolute atomic E-state index is 12.8. The topological polar surface area (TPSA) is 79.7 Å². The van der Waals surface area contributed by atoms with Crippen LogP contribution in [0.4, 0.5) is 0 Å². The standard InChI is InChI=1S/C15H22N2O4S/c1-8-11(22-14(16-8)15(2,3)4)12(18)17-7-9(21-5)6-10(17)13(19)20/h9-10H,6-7H2,1-5H3,(H,19,20). The molecule has 2 atom stereocenters. The van der Waals surface area contributed by atoms with Crippen LogP contribution in [0.15, 0.2) is 0 Å². The van der Waals surface area contributed by atoms with Crippen LogP contribution < -0.4 is 0 Å². The zero-order valence-electron chi connectivity index (χ0n) is 13.5. The highest BCUT2D eigenvalue weighted by atomic mass is 32.1. The molecule has 1 N–H and O–H groups in total. The number of carbonyl (C=O) groups excluding carboxylic acids is 1. The molecule has 1 amide bonds. The van der Waals surface area contributed by atoms with Gasteiger partial charge in [-0.15, -0.1) is 11.3 Å². The fraction of sp³-hybridized carbons (Fsp3) is 0.667. The second-order valence-electron chi connectivity index (χ2n) is 6.59. The van der Waals surface area contributed by atoms with Crippen LogP contribution in [0.2, 0.25) is 0 Å². The Morgan fingerprint density at radius 1 is 1.41 bits per heavy atom. The lowest BCUT2D eigenvalue weighted by Gasteiger charge is -2.20. The highest BCUT2D eigenvalue weighted by Crippen LogP contribution is 2.31. The summed E-state index contributed by atoms with van der Waals surface area (Å²) in [6.45, 7) is 8.20. The van der Waals surface area contributed by atoms with Crippen LogP contribution in [0, 0.1) is 6.92 Å². The molecular weight excluding hydrogens is 304 g/mol. The average Bonchev–Trinajstić information content (AvgIpc) is 3.00. The van der Waals surface area contributed by atoms with Gasteiger partial charge in [0.2, 0.25) is 0 Å². The third-order valence-corrected chi connectivity index (χ3v) is 5.35. The third-order valence-electron chi connectivity index (χ3n) is 3.77. The Kier molecular flexibility index (Phi) is 4.58. The summed E-state index contributed by atoms with van der Waals surface area (Å²) in [6, 6.07) is -0.836. The van der Waals surface area contributed by atoms with Crippen molar-refractivity contribution in [3.05, 3.63) is 15.6 Å². The van der Waals surface area contributed by atoms with E-state index < -0.39 is 12.0 Å². The molecule has 1 saturated heterocycles. The van der Waals surface area contributed by atoms with Crippen molar-refractivity contribution < 1.29 is 19.4 Å². The maximum atomic E-state index is 12.8. The molecule has 0 aromatic carbocycles. The summed E-state index contributed by atoms with van der Waals surface area (Å²) < 4.78 is 5.23. The summed E-state index contributed by atoms with van der Waals surface area (Å²) in [5.74, 6) is -1.26. The summed E-state index contributed by atoms with van der Waals surface area (Å²) in [6.07, 6.45) is 0.0852. The molecule has 122 valence electrons. The van der Waals surface area contributed by atoms with E-state index in [9.17, 15) is 14.7 Å². The van der Waals surface area contributed by atoms with Gasteiger partial charge in [0.05, 0.1) is 16.8 Å². The third kappa shape index (κ3) is 3.15. The number of methoxy groups -OCH3 is 1. The first kappa shape index (κ1) is 16.9. The highest BCUT2D eigenvalue weighted by molar-refractivity contribution is 7.14. The van der Waals surface area contributed by atoms with E-state index in [0.717, 1.165) is 5.01 Å². The van der Waals surface area contributed by atoms with Crippen molar-refractivity contribution in [1.29, 1.82) is 0 Å². The number of carboxylic acid groups (broad SMARTS) is 1. The quantitative estimate of drug-likeness (QED) is 0.920. The number of amides is 1. The van der Waals surface area contributed by atoms with Gasteiger partial charge < -0.3 is 14.7 Å². The molecule has 0 spiro atoms. The number of carboxylic acids is 1. The monoisotopic (exact) mass is 326 g/mol. The van der Waals surface area contributed by atoms with Crippen molar-refractivity contribution in [2.24, 2.45) is 0 Å². The Morgan fingerprint density at radius 2 is 2.05 bits per heavy atom. The lowest BCUT2D eigenvalue weighted by Crippen LogP contribution is -2.40. The number of carbonyl (C=O) groups is 2. The van der Waals surface area contributed by atoms with Crippen molar-refractivity contribution >= 4 is 23.2 Å². The minimum Gasteiger partial charge on any atom is -0.480 e. The number of aliphatic carboxylic acids is 1. The number of hydrogen-bond acceptors (Lipinski definition) is 5. The minimum absolute atomic E-state index is 0.139. The number of thiazole rings is 1. The van der Waals surface area contributed by atoms with Crippen molar-refractivity contribution in [1.82, 2.24) is 9.88 Å². The van der Waals surface area contributed by atoms with Crippen LogP contribution in [0.5, 0.6) is 0 Å². The SMILES string of the molecule is COC1CC(C(=O)O)N(C(=O)c2sc(C(C)(C)C)nc2C)C1. The summed E-state index contributed by atoms with van der Waals surface area (Å²) in [7, 11) is 1.53. The fourth-order valence-electron chi connectivity index (χ4n) is 2.47. The Labute approximate surface area is 134 Å². The van der Waals surface area contributed by atoms with Gasteiger partial charge in [-0.3, -0.25) is 4.79 Å². The molecular formula is C15H22N2O4S. The highest BCUT2D eigenvalue weighted by Gasteiger charge is 2.41. The first-order chi connectivity index (χ1) is 10.1. The smallest absolute Gasteiger partial charge is 0.326 e. The van der Waals surface area contributed by atoms with Crippen LogP contribution in [0.3, 0.4) is 0 Å². The second-order valence-corrected chi connectivity index (χ2v) is 7.59. The Bertz CT molecular complexity index is 591. The molecule has 1 aliphatic heterocycles. The number of likely N-dealkylation sites (tertiary alicyclic amines) is 1. The molecule has 2 unspecified atom stereocenters. The van der Waals surface area contributed by atoms with Crippen LogP contribution in [-0.4, -0.2) is 52.7 Å². The second kappa shape index (κ2) is 5.96. The minimum atomic E-state index is -0.994. The normalized spacial score (nSPS) is 22.1. The number of nitrogens with zero attached hydrogens (tertiary/aromatic N) is 2. The molecule has 22 heavy (non-hydrogen) atoms. The van der Waals surface area contributed by atoms with Crippen molar-refractivity contribution in [3.8, 4) is 0 Å². The van der Waals surface area contributed by atoms with Crippen LogP contribution in [0.1, 0.15) is 47.6 Å². The van der Waals surface area contributed by atoms with Crippen molar-refractivity contribution in [3.63, 3.8) is 0 Å². The molecule has 7 heteroatoms. The van der Waals surface area contributed by atoms with E-state index in [1.54, 1.807) is 6.92 Å². The van der Waals surface area contributed by atoms with Gasteiger partial charge in [-0.1, -0.05) is 20.8 Å². The molecule has 1 aliphatic rings. The van der Waals surface area contributed by atoms with E-state index >= 15 is 0 Å². The maximum Gasteiger partial charge on any atom is 0.326 e. The molecule has 2 heterocycles. The summed E-state index contributed by atoms with van der Waals surface area (Å²) in [5, 5.41) is 10.2. The summed E-state index contributed by atoms with van der Waals surface area (Å²) in [5.41, 5.74) is 0.519. The first-order valence-electron chi connectivity index (χ1n) is 7.19. The molecule has 1 fully saturated rings. The predicted molar refractivity (Wildman–Crippen MR) is 83.4 cm³/mol. The number of aromatic nitrogens is 1. The van der Waals surface area contributed by atoms with E-state index in [1.165, 1.54) is 23.3 Å². The molecule has 0 bridgehead atoms. The van der Waals surface area contributed by atoms with Gasteiger partial charge >= 0.3 is 5.97 Å². The lowest BCUT2D eigenvalue weighted by molar-refractivity contribution is -0.141. The Hall–Kier alpha value is -1.47. The molecule has 6 nitrogen and oxygen atoms in total. The number of rotatable bonds is 3. The zero-order valence-corrected chi connectivity index (χ0v) is 14.4. The fourth-order valence-corrected chi connectivity index (χ4v) is 3.55. The van der Waals surface area contributed by atoms with Gasteiger partial charge in [0.1, 0.15) is 10.9 Å². The zero-order chi connectivity index (χ0) is 16.7. The molecule has 0 aliphatic carbocycles. The molecule has 2 rings (SSSR count). The van der Waals surface area contributed by atoms with Crippen LogP contribution >= 0.6 is 11.3 Å². The largest absolute Gasteiger partial charge is 0.480 e. The van der Waals surface area contributed by atoms with Gasteiger partial charge in [-0.05, 0) is 6.92 Å². The predicted octanol–water partition coefficient (Wildman–Crippen LogP) is 2.06. The van der Waals surface area contributed by atoms with Gasteiger partial charge in [0.15, 0.2) is 0 Å². The Balaban J connectivity index is 2.31. The molecule has 0 saturated carbocycles. The molecule has 0 radical (unpaired) electrons. The van der Waals surface area contributed by atoms with E-state index in [1.807, 2.05) is 20.8 Å². The van der Waals surface area contributed by atoms with Crippen molar-refractivity contribution in [2.45, 2.75) is 51.7 Å². The summed E-state index contributed by atoms with van der Waals surface area (Å²) >= 11 is 1.35. The number of aryl methyl sites for hydroxylation is 1. The van der Waals surface area contributed by atoms with Gasteiger partial charge in [0.25, 0.3) is 5.91 Å². The number of hydrogen-bond donors (Lipinski definition) is 1. The van der Waals surface area contributed by atoms with E-state index in [-0.39, 0.29) is 17.4 Å². The average molecular weight is 326 g/mol. The molecule has 1 aromatic heterocycles. The summed E-state index contributed by atoms with van der Waals surface area (Å²) in [4.78, 5) is 30.5. The van der Waals surface area contributed by atoms with Gasteiger partial charge in [-0.25, -0.2) is 9.78 Å². The number of ether oxygens (including phenoxy) is 1. The van der Waals surface area contributed by atoms with Gasteiger partial charge in [0, 0.05) is 25.5 Å².